The molecule has 0 aliphatic rings. The zero-order valence-corrected chi connectivity index (χ0v) is 16.1. The topological polar surface area (TPSA) is 135 Å². The molecular formula is C17H21N3O5S2. The maximum absolute atomic E-state index is 12.0. The van der Waals surface area contributed by atoms with E-state index in [1.54, 1.807) is 42.5 Å². The lowest BCUT2D eigenvalue weighted by Gasteiger charge is -2.08. The minimum absolute atomic E-state index is 0.000915. The maximum atomic E-state index is 12.0. The number of carbonyl (C=O) groups excluding carboxylic acids is 1. The van der Waals surface area contributed by atoms with Gasteiger partial charge in [-0.3, -0.25) is 4.79 Å². The number of nitrogens with two attached hydrogens (primary N) is 1. The number of primary sulfonamides is 1. The Kier molecular flexibility index (Phi) is 7.08. The standard InChI is InChI=1S/C17H21N3O5S2/c18-27(24,25)16-8-6-14(7-9-16)10-11-20-26(22,23)13-12-19-17(21)15-4-2-1-3-5-15/h1-9,20H,10-13H2,(H,19,21)(H2,18,24,25). The Morgan fingerprint density at radius 2 is 1.52 bits per heavy atom. The summed E-state index contributed by atoms with van der Waals surface area (Å²) in [5.41, 5.74) is 1.23. The van der Waals surface area contributed by atoms with Crippen LogP contribution in [-0.4, -0.2) is 41.6 Å². The van der Waals surface area contributed by atoms with Crippen molar-refractivity contribution in [3.63, 3.8) is 0 Å². The van der Waals surface area contributed by atoms with E-state index in [2.05, 4.69) is 10.0 Å². The zero-order chi connectivity index (χ0) is 19.9. The number of amides is 1. The van der Waals surface area contributed by atoms with Gasteiger partial charge >= 0.3 is 0 Å². The molecule has 0 spiro atoms. The highest BCUT2D eigenvalue weighted by molar-refractivity contribution is 7.89. The van der Waals surface area contributed by atoms with Gasteiger partial charge in [-0.05, 0) is 36.2 Å². The second-order valence-corrected chi connectivity index (χ2v) is 9.26. The Morgan fingerprint density at radius 1 is 0.889 bits per heavy atom. The fourth-order valence-electron chi connectivity index (χ4n) is 2.26. The molecule has 27 heavy (non-hydrogen) atoms. The van der Waals surface area contributed by atoms with Crippen LogP contribution in [0.5, 0.6) is 0 Å². The van der Waals surface area contributed by atoms with E-state index in [1.807, 2.05) is 0 Å². The molecule has 0 saturated carbocycles. The first-order valence-corrected chi connectivity index (χ1v) is 11.3. The fourth-order valence-corrected chi connectivity index (χ4v) is 3.70. The van der Waals surface area contributed by atoms with Gasteiger partial charge in [-0.15, -0.1) is 0 Å². The summed E-state index contributed by atoms with van der Waals surface area (Å²) in [6.07, 6.45) is 0.389. The first-order chi connectivity index (χ1) is 12.7. The Morgan fingerprint density at radius 3 is 2.11 bits per heavy atom. The van der Waals surface area contributed by atoms with E-state index in [9.17, 15) is 21.6 Å². The number of hydrogen-bond acceptors (Lipinski definition) is 5. The molecule has 0 aromatic heterocycles. The first-order valence-electron chi connectivity index (χ1n) is 8.10. The predicted octanol–water partition coefficient (Wildman–Crippen LogP) is 0.226. The minimum atomic E-state index is -3.75. The Hall–Kier alpha value is -2.27. The van der Waals surface area contributed by atoms with Crippen LogP contribution in [0.1, 0.15) is 15.9 Å². The second kappa shape index (κ2) is 9.09. The molecule has 0 bridgehead atoms. The van der Waals surface area contributed by atoms with Crippen molar-refractivity contribution in [3.05, 3.63) is 65.7 Å². The molecular weight excluding hydrogens is 390 g/mol. The zero-order valence-electron chi connectivity index (χ0n) is 14.5. The van der Waals surface area contributed by atoms with Crippen molar-refractivity contribution >= 4 is 26.0 Å². The third kappa shape index (κ3) is 7.10. The molecule has 2 aromatic rings. The smallest absolute Gasteiger partial charge is 0.251 e. The van der Waals surface area contributed by atoms with Gasteiger partial charge in [0.25, 0.3) is 5.91 Å². The Bertz CT molecular complexity index is 973. The van der Waals surface area contributed by atoms with Gasteiger partial charge in [-0.25, -0.2) is 26.7 Å². The van der Waals surface area contributed by atoms with Gasteiger partial charge in [0, 0.05) is 18.7 Å². The molecule has 0 unspecified atom stereocenters. The summed E-state index contributed by atoms with van der Waals surface area (Å²) in [4.78, 5) is 11.9. The van der Waals surface area contributed by atoms with E-state index in [0.29, 0.717) is 12.0 Å². The van der Waals surface area contributed by atoms with E-state index in [4.69, 9.17) is 5.14 Å². The lowest BCUT2D eigenvalue weighted by molar-refractivity contribution is 0.0956. The number of hydrogen-bond donors (Lipinski definition) is 3. The predicted molar refractivity (Wildman–Crippen MR) is 102 cm³/mol. The molecule has 10 heteroatoms. The molecule has 146 valence electrons. The van der Waals surface area contributed by atoms with Gasteiger partial charge in [0.1, 0.15) is 0 Å². The van der Waals surface area contributed by atoms with E-state index < -0.39 is 20.0 Å². The van der Waals surface area contributed by atoms with Crippen LogP contribution < -0.4 is 15.2 Å². The molecule has 8 nitrogen and oxygen atoms in total. The lowest BCUT2D eigenvalue weighted by atomic mass is 10.2. The molecule has 2 rings (SSSR count). The highest BCUT2D eigenvalue weighted by Gasteiger charge is 2.12. The summed E-state index contributed by atoms with van der Waals surface area (Å²) in [6, 6.07) is 14.4. The number of sulfonamides is 2. The van der Waals surface area contributed by atoms with E-state index in [1.165, 1.54) is 12.1 Å². The monoisotopic (exact) mass is 411 g/mol. The van der Waals surface area contributed by atoms with Crippen molar-refractivity contribution in [1.82, 2.24) is 10.0 Å². The van der Waals surface area contributed by atoms with Gasteiger partial charge in [-0.1, -0.05) is 30.3 Å². The summed E-state index contributed by atoms with van der Waals surface area (Å²) in [5.74, 6) is -0.573. The van der Waals surface area contributed by atoms with Crippen LogP contribution in [0.3, 0.4) is 0 Å². The van der Waals surface area contributed by atoms with Crippen molar-refractivity contribution < 1.29 is 21.6 Å². The van der Waals surface area contributed by atoms with Gasteiger partial charge in [0.05, 0.1) is 10.6 Å². The summed E-state index contributed by atoms with van der Waals surface area (Å²) >= 11 is 0. The molecule has 2 aromatic carbocycles. The van der Waals surface area contributed by atoms with Crippen LogP contribution in [0, 0.1) is 0 Å². The molecule has 0 aliphatic heterocycles. The van der Waals surface area contributed by atoms with Gasteiger partial charge in [0.2, 0.25) is 20.0 Å². The van der Waals surface area contributed by atoms with Crippen LogP contribution in [0.2, 0.25) is 0 Å². The average molecular weight is 412 g/mol. The van der Waals surface area contributed by atoms with Gasteiger partial charge in [-0.2, -0.15) is 0 Å². The highest BCUT2D eigenvalue weighted by Crippen LogP contribution is 2.09. The van der Waals surface area contributed by atoms with Gasteiger partial charge in [0.15, 0.2) is 0 Å². The van der Waals surface area contributed by atoms with Crippen molar-refractivity contribution in [3.8, 4) is 0 Å². The number of benzene rings is 2. The Labute approximate surface area is 158 Å². The molecule has 0 heterocycles. The summed E-state index contributed by atoms with van der Waals surface area (Å²) in [6.45, 7) is 0.149. The molecule has 0 atom stereocenters. The van der Waals surface area contributed by atoms with Crippen LogP contribution in [0.4, 0.5) is 0 Å². The van der Waals surface area contributed by atoms with E-state index >= 15 is 0 Å². The van der Waals surface area contributed by atoms with Crippen LogP contribution >= 0.6 is 0 Å². The van der Waals surface area contributed by atoms with Crippen LogP contribution in [0.15, 0.2) is 59.5 Å². The average Bonchev–Trinajstić information content (AvgIpc) is 2.62. The Balaban J connectivity index is 1.75. The molecule has 0 saturated heterocycles. The second-order valence-electron chi connectivity index (χ2n) is 5.77. The fraction of sp³-hybridized carbons (Fsp3) is 0.235. The summed E-state index contributed by atoms with van der Waals surface area (Å²) in [7, 11) is -7.29. The third-order valence-corrected chi connectivity index (χ3v) is 5.99. The molecule has 0 aliphatic carbocycles. The quantitative estimate of drug-likeness (QED) is 0.543. The summed E-state index contributed by atoms with van der Waals surface area (Å²) in [5, 5.41) is 7.58. The first kappa shape index (κ1) is 21.0. The van der Waals surface area contributed by atoms with Gasteiger partial charge < -0.3 is 5.32 Å². The van der Waals surface area contributed by atoms with Crippen LogP contribution in [0.25, 0.3) is 0 Å². The molecule has 4 N–H and O–H groups in total. The lowest BCUT2D eigenvalue weighted by Crippen LogP contribution is -2.35. The van der Waals surface area contributed by atoms with Crippen LogP contribution in [-0.2, 0) is 26.5 Å². The molecule has 1 amide bonds. The maximum Gasteiger partial charge on any atom is 0.251 e. The SMILES string of the molecule is NS(=O)(=O)c1ccc(CCNS(=O)(=O)CCNC(=O)c2ccccc2)cc1. The summed E-state index contributed by atoms with van der Waals surface area (Å²) < 4.78 is 48.7. The van der Waals surface area contributed by atoms with E-state index in [0.717, 1.165) is 5.56 Å². The van der Waals surface area contributed by atoms with Crippen molar-refractivity contribution in [1.29, 1.82) is 0 Å². The van der Waals surface area contributed by atoms with Crippen molar-refractivity contribution in [2.24, 2.45) is 5.14 Å². The highest BCUT2D eigenvalue weighted by atomic mass is 32.2. The largest absolute Gasteiger partial charge is 0.351 e. The number of rotatable bonds is 9. The van der Waals surface area contributed by atoms with Crippen molar-refractivity contribution in [2.45, 2.75) is 11.3 Å². The molecule has 0 radical (unpaired) electrons. The normalized spacial score (nSPS) is 11.9. The minimum Gasteiger partial charge on any atom is -0.351 e. The number of nitrogens with one attached hydrogen (secondary N) is 2. The van der Waals surface area contributed by atoms with E-state index in [-0.39, 0.29) is 29.6 Å². The third-order valence-electron chi connectivity index (χ3n) is 3.68. The van der Waals surface area contributed by atoms with Crippen molar-refractivity contribution in [2.75, 3.05) is 18.8 Å². The number of carbonyl (C=O) groups is 1. The molecule has 0 fully saturated rings.